The summed E-state index contributed by atoms with van der Waals surface area (Å²) in [6, 6.07) is 16.3. The number of anilines is 2. The summed E-state index contributed by atoms with van der Waals surface area (Å²) in [4.78, 5) is 14.3. The highest BCUT2D eigenvalue weighted by Crippen LogP contribution is 2.44. The summed E-state index contributed by atoms with van der Waals surface area (Å²) in [5, 5.41) is 0. The third kappa shape index (κ3) is 5.40. The second kappa shape index (κ2) is 11.8. The maximum absolute atomic E-state index is 5.81. The standard InChI is InChI=1S/C33H34N4O6/c1-38-26-16-24(18-28-32(26)42-14-12-40-28)22-4-6-30(34-20-22)36-8-3-9-37(11-10-36)31-7-5-23(21-35-31)25-17-27(39-2)33-29(19-25)41-13-15-43-33/h4-7,16-21H,3,8-15H2,1-2H3. The van der Waals surface area contributed by atoms with Crippen molar-refractivity contribution in [3.63, 3.8) is 0 Å². The van der Waals surface area contributed by atoms with Crippen LogP contribution in [0.3, 0.4) is 0 Å². The minimum Gasteiger partial charge on any atom is -0.493 e. The fraction of sp³-hybridized carbons (Fsp3) is 0.333. The van der Waals surface area contributed by atoms with Gasteiger partial charge in [0.2, 0.25) is 11.5 Å². The fourth-order valence-electron chi connectivity index (χ4n) is 5.74. The van der Waals surface area contributed by atoms with Crippen LogP contribution < -0.4 is 38.2 Å². The quantitative estimate of drug-likeness (QED) is 0.307. The normalized spacial score (nSPS) is 16.0. The Labute approximate surface area is 250 Å². The smallest absolute Gasteiger partial charge is 0.203 e. The van der Waals surface area contributed by atoms with E-state index in [1.807, 2.05) is 36.7 Å². The van der Waals surface area contributed by atoms with Crippen molar-refractivity contribution in [2.24, 2.45) is 0 Å². The van der Waals surface area contributed by atoms with Gasteiger partial charge >= 0.3 is 0 Å². The maximum Gasteiger partial charge on any atom is 0.203 e. The Morgan fingerprint density at radius 3 is 1.44 bits per heavy atom. The zero-order valence-electron chi connectivity index (χ0n) is 24.4. The van der Waals surface area contributed by atoms with Crippen molar-refractivity contribution >= 4 is 11.6 Å². The zero-order valence-corrected chi connectivity index (χ0v) is 24.4. The third-order valence-electron chi connectivity index (χ3n) is 7.96. The number of methoxy groups -OCH3 is 2. The molecule has 5 heterocycles. The van der Waals surface area contributed by atoms with Gasteiger partial charge in [-0.3, -0.25) is 0 Å². The number of hydrogen-bond donors (Lipinski definition) is 0. The molecule has 10 heteroatoms. The van der Waals surface area contributed by atoms with Crippen LogP contribution in [0.4, 0.5) is 11.6 Å². The Morgan fingerprint density at radius 2 is 1.02 bits per heavy atom. The van der Waals surface area contributed by atoms with Gasteiger partial charge in [-0.25, -0.2) is 9.97 Å². The second-order valence-corrected chi connectivity index (χ2v) is 10.5. The lowest BCUT2D eigenvalue weighted by Gasteiger charge is -2.24. The van der Waals surface area contributed by atoms with Crippen molar-refractivity contribution in [1.29, 1.82) is 0 Å². The largest absolute Gasteiger partial charge is 0.493 e. The molecule has 0 atom stereocenters. The van der Waals surface area contributed by atoms with Crippen molar-refractivity contribution in [3.8, 4) is 56.8 Å². The Hall–Kier alpha value is -4.86. The Balaban J connectivity index is 1.03. The van der Waals surface area contributed by atoms with Crippen LogP contribution in [0.2, 0.25) is 0 Å². The summed E-state index contributed by atoms with van der Waals surface area (Å²) < 4.78 is 34.2. The molecule has 0 amide bonds. The zero-order chi connectivity index (χ0) is 29.2. The van der Waals surface area contributed by atoms with Gasteiger partial charge in [0.15, 0.2) is 23.0 Å². The summed E-state index contributed by atoms with van der Waals surface area (Å²) in [7, 11) is 3.28. The van der Waals surface area contributed by atoms with E-state index in [2.05, 4.69) is 34.1 Å². The summed E-state index contributed by atoms with van der Waals surface area (Å²) in [5.74, 6) is 5.97. The first-order valence-electron chi connectivity index (χ1n) is 14.6. The van der Waals surface area contributed by atoms with Crippen LogP contribution in [0.15, 0.2) is 60.9 Å². The minimum absolute atomic E-state index is 0.518. The SMILES string of the molecule is COc1cc(-c2ccc(N3CCCN(c4ccc(-c5cc(OC)c6c(c5)OCCO6)cn4)CC3)nc2)cc2c1OCCO2. The Morgan fingerprint density at radius 1 is 0.558 bits per heavy atom. The Bertz CT molecular complexity index is 1440. The highest BCUT2D eigenvalue weighted by Gasteiger charge is 2.22. The van der Waals surface area contributed by atoms with E-state index in [1.54, 1.807) is 14.2 Å². The summed E-state index contributed by atoms with van der Waals surface area (Å²) in [6.07, 6.45) is 4.83. The van der Waals surface area contributed by atoms with Crippen LogP contribution in [0, 0.1) is 0 Å². The van der Waals surface area contributed by atoms with Crippen LogP contribution in [-0.2, 0) is 0 Å². The first-order chi connectivity index (χ1) is 21.2. The molecule has 0 unspecified atom stereocenters. The van der Waals surface area contributed by atoms with Crippen molar-refractivity contribution in [1.82, 2.24) is 9.97 Å². The average molecular weight is 583 g/mol. The monoisotopic (exact) mass is 582 g/mol. The number of aromatic nitrogens is 2. The molecule has 4 aromatic rings. The molecule has 3 aliphatic rings. The van der Waals surface area contributed by atoms with Crippen molar-refractivity contribution in [2.75, 3.05) is 76.6 Å². The van der Waals surface area contributed by atoms with Crippen molar-refractivity contribution < 1.29 is 28.4 Å². The molecule has 0 saturated carbocycles. The van der Waals surface area contributed by atoms with Crippen molar-refractivity contribution in [3.05, 3.63) is 60.9 Å². The van der Waals surface area contributed by atoms with Crippen LogP contribution in [0.5, 0.6) is 34.5 Å². The molecule has 2 aromatic carbocycles. The van der Waals surface area contributed by atoms with E-state index in [9.17, 15) is 0 Å². The van der Waals surface area contributed by atoms with Crippen molar-refractivity contribution in [2.45, 2.75) is 6.42 Å². The lowest BCUT2D eigenvalue weighted by molar-refractivity contribution is 0.165. The number of benzene rings is 2. The minimum atomic E-state index is 0.518. The first kappa shape index (κ1) is 27.0. The molecule has 1 saturated heterocycles. The predicted molar refractivity (Wildman–Crippen MR) is 163 cm³/mol. The molecule has 0 bridgehead atoms. The van der Waals surface area contributed by atoms with E-state index >= 15 is 0 Å². The average Bonchev–Trinajstić information content (AvgIpc) is 3.34. The number of ether oxygens (including phenoxy) is 6. The van der Waals surface area contributed by atoms with Crippen LogP contribution in [0.1, 0.15) is 6.42 Å². The van der Waals surface area contributed by atoms with Gasteiger partial charge in [0, 0.05) is 49.7 Å². The molecule has 1 fully saturated rings. The van der Waals surface area contributed by atoms with Gasteiger partial charge in [-0.1, -0.05) is 0 Å². The molecule has 43 heavy (non-hydrogen) atoms. The molecular weight excluding hydrogens is 548 g/mol. The lowest BCUT2D eigenvalue weighted by Crippen LogP contribution is -2.31. The second-order valence-electron chi connectivity index (χ2n) is 10.5. The number of hydrogen-bond acceptors (Lipinski definition) is 10. The van der Waals surface area contributed by atoms with Crippen LogP contribution in [-0.4, -0.2) is 76.8 Å². The first-order valence-corrected chi connectivity index (χ1v) is 14.6. The molecule has 7 rings (SSSR count). The molecule has 0 spiro atoms. The number of nitrogens with zero attached hydrogens (tertiary/aromatic N) is 4. The maximum atomic E-state index is 5.81. The number of fused-ring (bicyclic) bond motifs is 2. The number of rotatable bonds is 6. The van der Waals surface area contributed by atoms with E-state index in [0.29, 0.717) is 60.9 Å². The van der Waals surface area contributed by atoms with Gasteiger partial charge in [0.05, 0.1) is 14.2 Å². The molecular formula is C33H34N4O6. The molecule has 222 valence electrons. The van der Waals surface area contributed by atoms with Crippen LogP contribution >= 0.6 is 0 Å². The molecule has 10 nitrogen and oxygen atoms in total. The third-order valence-corrected chi connectivity index (χ3v) is 7.96. The molecule has 0 aliphatic carbocycles. The van der Waals surface area contributed by atoms with E-state index in [4.69, 9.17) is 38.4 Å². The highest BCUT2D eigenvalue weighted by atomic mass is 16.6. The van der Waals surface area contributed by atoms with Gasteiger partial charge in [-0.05, 0) is 66.1 Å². The van der Waals surface area contributed by atoms with E-state index in [1.165, 1.54) is 0 Å². The topological polar surface area (TPSA) is 87.6 Å². The molecule has 0 N–H and O–H groups in total. The number of pyridine rings is 2. The lowest BCUT2D eigenvalue weighted by atomic mass is 10.1. The summed E-state index contributed by atoms with van der Waals surface area (Å²) in [6.45, 7) is 5.65. The predicted octanol–water partition coefficient (Wildman–Crippen LogP) is 5.09. The summed E-state index contributed by atoms with van der Waals surface area (Å²) >= 11 is 0. The van der Waals surface area contributed by atoms with E-state index < -0.39 is 0 Å². The highest BCUT2D eigenvalue weighted by molar-refractivity contribution is 5.72. The van der Waals surface area contributed by atoms with Gasteiger partial charge in [-0.2, -0.15) is 0 Å². The van der Waals surface area contributed by atoms with Crippen LogP contribution in [0.25, 0.3) is 22.3 Å². The fourth-order valence-corrected chi connectivity index (χ4v) is 5.74. The Kier molecular flexibility index (Phi) is 7.40. The van der Waals surface area contributed by atoms with E-state index in [0.717, 1.165) is 66.5 Å². The van der Waals surface area contributed by atoms with Gasteiger partial charge in [0.25, 0.3) is 0 Å². The van der Waals surface area contributed by atoms with Gasteiger partial charge in [-0.15, -0.1) is 0 Å². The van der Waals surface area contributed by atoms with Gasteiger partial charge < -0.3 is 38.2 Å². The van der Waals surface area contributed by atoms with E-state index in [-0.39, 0.29) is 0 Å². The summed E-state index contributed by atoms with van der Waals surface area (Å²) in [5.41, 5.74) is 3.95. The molecule has 3 aliphatic heterocycles. The van der Waals surface area contributed by atoms with Gasteiger partial charge in [0.1, 0.15) is 38.1 Å². The molecule has 0 radical (unpaired) electrons. The molecule has 2 aromatic heterocycles.